The van der Waals surface area contributed by atoms with E-state index in [0.717, 1.165) is 37.6 Å². The van der Waals surface area contributed by atoms with E-state index in [1.54, 1.807) is 6.07 Å². The lowest BCUT2D eigenvalue weighted by molar-refractivity contribution is 0.122. The summed E-state index contributed by atoms with van der Waals surface area (Å²) >= 11 is 0. The zero-order valence-corrected chi connectivity index (χ0v) is 14.6. The van der Waals surface area contributed by atoms with Crippen LogP contribution in [0.15, 0.2) is 34.9 Å². The number of morpholine rings is 1. The minimum Gasteiger partial charge on any atom is -0.378 e. The Kier molecular flexibility index (Phi) is 5.55. The summed E-state index contributed by atoms with van der Waals surface area (Å²) in [5.41, 5.74) is 2.95. The topological polar surface area (TPSA) is 79.6 Å². The van der Waals surface area contributed by atoms with Crippen LogP contribution in [-0.4, -0.2) is 37.5 Å². The van der Waals surface area contributed by atoms with Crippen LogP contribution in [0.2, 0.25) is 0 Å². The smallest absolute Gasteiger partial charge is 0.315 e. The number of urea groups is 1. The zero-order chi connectivity index (χ0) is 17.6. The summed E-state index contributed by atoms with van der Waals surface area (Å²) in [7, 11) is 0. The molecule has 1 fully saturated rings. The number of anilines is 1. The molecule has 1 saturated heterocycles. The van der Waals surface area contributed by atoms with Gasteiger partial charge in [-0.05, 0) is 31.5 Å². The van der Waals surface area contributed by atoms with Crippen LogP contribution in [0.1, 0.15) is 30.0 Å². The Morgan fingerprint density at radius 3 is 2.64 bits per heavy atom. The Morgan fingerprint density at radius 2 is 2.00 bits per heavy atom. The van der Waals surface area contributed by atoms with E-state index in [4.69, 9.17) is 9.26 Å². The SMILES string of the molecule is Cc1cc(CNC(=O)N[C@@H](C)c2ccc(N3CCOCC3)cc2)no1. The highest BCUT2D eigenvalue weighted by Gasteiger charge is 2.13. The Morgan fingerprint density at radius 1 is 1.28 bits per heavy atom. The van der Waals surface area contributed by atoms with Crippen molar-refractivity contribution < 1.29 is 14.1 Å². The van der Waals surface area contributed by atoms with E-state index in [-0.39, 0.29) is 12.1 Å². The first-order valence-corrected chi connectivity index (χ1v) is 8.51. The van der Waals surface area contributed by atoms with Crippen LogP contribution >= 0.6 is 0 Å². The number of nitrogens with zero attached hydrogens (tertiary/aromatic N) is 2. The fraction of sp³-hybridized carbons (Fsp3) is 0.444. The van der Waals surface area contributed by atoms with Crippen LogP contribution in [0.3, 0.4) is 0 Å². The van der Waals surface area contributed by atoms with Gasteiger partial charge in [-0.25, -0.2) is 4.79 Å². The van der Waals surface area contributed by atoms with Crippen molar-refractivity contribution in [2.24, 2.45) is 0 Å². The Hall–Kier alpha value is -2.54. The summed E-state index contributed by atoms with van der Waals surface area (Å²) in [5.74, 6) is 0.728. The number of rotatable bonds is 5. The summed E-state index contributed by atoms with van der Waals surface area (Å²) in [5, 5.41) is 9.56. The third-order valence-electron chi connectivity index (χ3n) is 4.22. The molecule has 0 unspecified atom stereocenters. The normalized spacial score (nSPS) is 15.7. The average Bonchev–Trinajstić information content (AvgIpc) is 3.06. The molecule has 3 rings (SSSR count). The number of nitrogens with one attached hydrogen (secondary N) is 2. The predicted octanol–water partition coefficient (Wildman–Crippen LogP) is 2.38. The number of aryl methyl sites for hydroxylation is 1. The van der Waals surface area contributed by atoms with Gasteiger partial charge in [-0.15, -0.1) is 0 Å². The molecule has 2 N–H and O–H groups in total. The first kappa shape index (κ1) is 17.3. The number of carbonyl (C=O) groups is 1. The lowest BCUT2D eigenvalue weighted by Crippen LogP contribution is -2.37. The standard InChI is InChI=1S/C18H24N4O3/c1-13-11-16(21-25-13)12-19-18(23)20-14(2)15-3-5-17(6-4-15)22-7-9-24-10-8-22/h3-6,11,14H,7-10,12H2,1-2H3,(H2,19,20,23)/t14-/m0/s1. The first-order valence-electron chi connectivity index (χ1n) is 8.51. The molecule has 1 aromatic heterocycles. The molecule has 0 spiro atoms. The molecule has 7 nitrogen and oxygen atoms in total. The fourth-order valence-electron chi connectivity index (χ4n) is 2.80. The van der Waals surface area contributed by atoms with E-state index in [2.05, 4.69) is 45.0 Å². The third kappa shape index (κ3) is 4.73. The summed E-state index contributed by atoms with van der Waals surface area (Å²) in [4.78, 5) is 14.3. The molecule has 25 heavy (non-hydrogen) atoms. The highest BCUT2D eigenvalue weighted by atomic mass is 16.5. The van der Waals surface area contributed by atoms with Crippen molar-refractivity contribution in [2.45, 2.75) is 26.4 Å². The number of aromatic nitrogens is 1. The van der Waals surface area contributed by atoms with Gasteiger partial charge >= 0.3 is 6.03 Å². The van der Waals surface area contributed by atoms with Crippen LogP contribution in [0, 0.1) is 6.92 Å². The maximum atomic E-state index is 12.0. The highest BCUT2D eigenvalue weighted by molar-refractivity contribution is 5.74. The van der Waals surface area contributed by atoms with E-state index in [0.29, 0.717) is 12.2 Å². The molecule has 0 saturated carbocycles. The third-order valence-corrected chi connectivity index (χ3v) is 4.22. The van der Waals surface area contributed by atoms with Crippen LogP contribution in [0.5, 0.6) is 0 Å². The molecule has 1 aliphatic rings. The molecule has 0 bridgehead atoms. The van der Waals surface area contributed by atoms with Crippen molar-refractivity contribution in [3.8, 4) is 0 Å². The number of benzene rings is 1. The average molecular weight is 344 g/mol. The summed E-state index contributed by atoms with van der Waals surface area (Å²) in [6.07, 6.45) is 0. The van der Waals surface area contributed by atoms with E-state index >= 15 is 0 Å². The van der Waals surface area contributed by atoms with Crippen LogP contribution in [0.25, 0.3) is 0 Å². The van der Waals surface area contributed by atoms with Crippen molar-refractivity contribution in [3.63, 3.8) is 0 Å². The Balaban J connectivity index is 1.50. The summed E-state index contributed by atoms with van der Waals surface area (Å²) in [6, 6.07) is 9.77. The largest absolute Gasteiger partial charge is 0.378 e. The maximum Gasteiger partial charge on any atom is 0.315 e. The van der Waals surface area contributed by atoms with Crippen molar-refractivity contribution in [1.82, 2.24) is 15.8 Å². The summed E-state index contributed by atoms with van der Waals surface area (Å²) < 4.78 is 10.4. The summed E-state index contributed by atoms with van der Waals surface area (Å²) in [6.45, 7) is 7.48. The Bertz CT molecular complexity index is 693. The van der Waals surface area contributed by atoms with E-state index in [9.17, 15) is 4.79 Å². The fourth-order valence-corrected chi connectivity index (χ4v) is 2.80. The minimum atomic E-state index is -0.231. The number of ether oxygens (including phenoxy) is 1. The van der Waals surface area contributed by atoms with E-state index in [1.165, 1.54) is 5.69 Å². The minimum absolute atomic E-state index is 0.0854. The first-order chi connectivity index (χ1) is 12.1. The second-order valence-electron chi connectivity index (χ2n) is 6.17. The second-order valence-corrected chi connectivity index (χ2v) is 6.17. The molecule has 7 heteroatoms. The van der Waals surface area contributed by atoms with Gasteiger partial charge in [0.2, 0.25) is 0 Å². The van der Waals surface area contributed by atoms with Gasteiger partial charge in [0, 0.05) is 24.8 Å². The van der Waals surface area contributed by atoms with Gasteiger partial charge in [0.25, 0.3) is 0 Å². The lowest BCUT2D eigenvalue weighted by Gasteiger charge is -2.29. The van der Waals surface area contributed by atoms with E-state index in [1.807, 2.05) is 13.8 Å². The van der Waals surface area contributed by atoms with Crippen LogP contribution in [0.4, 0.5) is 10.5 Å². The van der Waals surface area contributed by atoms with Crippen LogP contribution in [-0.2, 0) is 11.3 Å². The number of hydrogen-bond acceptors (Lipinski definition) is 5. The zero-order valence-electron chi connectivity index (χ0n) is 14.6. The number of amides is 2. The molecule has 134 valence electrons. The lowest BCUT2D eigenvalue weighted by atomic mass is 10.1. The molecular weight excluding hydrogens is 320 g/mol. The van der Waals surface area contributed by atoms with Gasteiger partial charge < -0.3 is 24.8 Å². The van der Waals surface area contributed by atoms with Crippen LogP contribution < -0.4 is 15.5 Å². The molecule has 1 aliphatic heterocycles. The van der Waals surface area contributed by atoms with Gasteiger partial charge in [-0.1, -0.05) is 17.3 Å². The molecule has 2 amide bonds. The van der Waals surface area contributed by atoms with Crippen molar-refractivity contribution >= 4 is 11.7 Å². The predicted molar refractivity (Wildman–Crippen MR) is 94.5 cm³/mol. The van der Waals surface area contributed by atoms with Gasteiger partial charge in [0.05, 0.1) is 25.8 Å². The second kappa shape index (κ2) is 8.02. The Labute approximate surface area is 147 Å². The molecule has 0 radical (unpaired) electrons. The number of hydrogen-bond donors (Lipinski definition) is 2. The molecule has 1 atom stereocenters. The van der Waals surface area contributed by atoms with Gasteiger partial charge in [0.1, 0.15) is 11.5 Å². The molecule has 2 heterocycles. The van der Waals surface area contributed by atoms with Gasteiger partial charge in [0.15, 0.2) is 0 Å². The van der Waals surface area contributed by atoms with Crippen molar-refractivity contribution in [2.75, 3.05) is 31.2 Å². The van der Waals surface area contributed by atoms with Crippen molar-refractivity contribution in [3.05, 3.63) is 47.3 Å². The maximum absolute atomic E-state index is 12.0. The van der Waals surface area contributed by atoms with Gasteiger partial charge in [-0.2, -0.15) is 0 Å². The molecule has 2 aromatic rings. The molecule has 1 aromatic carbocycles. The quantitative estimate of drug-likeness (QED) is 0.870. The monoisotopic (exact) mass is 344 g/mol. The molecule has 0 aliphatic carbocycles. The number of carbonyl (C=O) groups excluding carboxylic acids is 1. The van der Waals surface area contributed by atoms with E-state index < -0.39 is 0 Å². The van der Waals surface area contributed by atoms with Crippen molar-refractivity contribution in [1.29, 1.82) is 0 Å². The van der Waals surface area contributed by atoms with Gasteiger partial charge in [-0.3, -0.25) is 0 Å². The highest BCUT2D eigenvalue weighted by Crippen LogP contribution is 2.20. The molecular formula is C18H24N4O3.